The molecule has 0 atom stereocenters. The van der Waals surface area contributed by atoms with E-state index < -0.39 is 10.0 Å². The summed E-state index contributed by atoms with van der Waals surface area (Å²) in [7, 11) is -3.61. The van der Waals surface area contributed by atoms with Crippen molar-refractivity contribution in [2.24, 2.45) is 0 Å². The van der Waals surface area contributed by atoms with Gasteiger partial charge in [-0.25, -0.2) is 13.1 Å². The van der Waals surface area contributed by atoms with E-state index in [0.717, 1.165) is 9.35 Å². The number of rotatable bonds is 4. The smallest absolute Gasteiger partial charge is 0.246 e. The number of anilines is 1. The first kappa shape index (κ1) is 12.6. The second-order valence-electron chi connectivity index (χ2n) is 3.20. The molecule has 9 heteroatoms. The molecule has 92 valence electrons. The van der Waals surface area contributed by atoms with Gasteiger partial charge in [0.15, 0.2) is 0 Å². The Bertz CT molecular complexity index is 619. The fraction of sp³-hybridized carbons (Fsp3) is 0.125. The maximum absolute atomic E-state index is 11.8. The Morgan fingerprint density at radius 3 is 2.88 bits per heavy atom. The largest absolute Gasteiger partial charge is 0.383 e. The van der Waals surface area contributed by atoms with Crippen LogP contribution in [0.25, 0.3) is 0 Å². The lowest BCUT2D eigenvalue weighted by Crippen LogP contribution is -2.23. The van der Waals surface area contributed by atoms with Gasteiger partial charge < -0.3 is 5.73 Å². The number of nitrogen functional groups attached to an aromatic ring is 1. The normalized spacial score (nSPS) is 11.8. The summed E-state index contributed by atoms with van der Waals surface area (Å²) in [6.07, 6.45) is 1.18. The molecule has 2 heterocycles. The van der Waals surface area contributed by atoms with Crippen molar-refractivity contribution in [1.82, 2.24) is 14.9 Å². The van der Waals surface area contributed by atoms with E-state index in [0.29, 0.717) is 0 Å². The molecule has 0 saturated heterocycles. The second-order valence-corrected chi connectivity index (χ2v) is 6.85. The van der Waals surface area contributed by atoms with Crippen molar-refractivity contribution in [2.75, 3.05) is 5.73 Å². The van der Waals surface area contributed by atoms with Gasteiger partial charge >= 0.3 is 0 Å². The first-order chi connectivity index (χ1) is 7.99. The van der Waals surface area contributed by atoms with Crippen molar-refractivity contribution in [1.29, 1.82) is 0 Å². The van der Waals surface area contributed by atoms with Crippen LogP contribution in [0, 0.1) is 0 Å². The van der Waals surface area contributed by atoms with Crippen molar-refractivity contribution < 1.29 is 8.42 Å². The van der Waals surface area contributed by atoms with Gasteiger partial charge in [-0.1, -0.05) is 0 Å². The zero-order valence-corrected chi connectivity index (χ0v) is 11.7. The molecule has 0 aromatic carbocycles. The summed E-state index contributed by atoms with van der Waals surface area (Å²) >= 11 is 4.76. The number of hydrogen-bond acceptors (Lipinski definition) is 5. The van der Waals surface area contributed by atoms with Crippen LogP contribution in [0.15, 0.2) is 27.0 Å². The molecular weight excluding hydrogens is 328 g/mol. The molecule has 0 aliphatic carbocycles. The third kappa shape index (κ3) is 2.86. The third-order valence-electron chi connectivity index (χ3n) is 1.98. The number of sulfonamides is 1. The predicted molar refractivity (Wildman–Crippen MR) is 69.0 cm³/mol. The van der Waals surface area contributed by atoms with Crippen LogP contribution in [0.1, 0.15) is 4.88 Å². The van der Waals surface area contributed by atoms with Gasteiger partial charge in [0.2, 0.25) is 10.0 Å². The minimum absolute atomic E-state index is 0.0323. The monoisotopic (exact) mass is 336 g/mol. The molecule has 2 aromatic rings. The second kappa shape index (κ2) is 4.77. The molecule has 0 amide bonds. The van der Waals surface area contributed by atoms with Crippen molar-refractivity contribution in [3.05, 3.63) is 27.0 Å². The minimum atomic E-state index is -3.61. The van der Waals surface area contributed by atoms with Crippen LogP contribution in [0.3, 0.4) is 0 Å². The lowest BCUT2D eigenvalue weighted by Gasteiger charge is -2.03. The molecule has 6 nitrogen and oxygen atoms in total. The Morgan fingerprint density at radius 2 is 2.35 bits per heavy atom. The first-order valence-electron chi connectivity index (χ1n) is 4.50. The molecule has 17 heavy (non-hydrogen) atoms. The fourth-order valence-corrected chi connectivity index (χ4v) is 3.70. The number of nitrogens with two attached hydrogens (primary N) is 1. The summed E-state index contributed by atoms with van der Waals surface area (Å²) in [5, 5.41) is 7.84. The summed E-state index contributed by atoms with van der Waals surface area (Å²) in [6.45, 7) is 0.225. The molecule has 2 aromatic heterocycles. The minimum Gasteiger partial charge on any atom is -0.383 e. The van der Waals surface area contributed by atoms with E-state index >= 15 is 0 Å². The van der Waals surface area contributed by atoms with E-state index in [1.54, 1.807) is 0 Å². The van der Waals surface area contributed by atoms with Crippen LogP contribution < -0.4 is 10.5 Å². The van der Waals surface area contributed by atoms with Crippen LogP contribution >= 0.6 is 27.3 Å². The maximum Gasteiger partial charge on any atom is 0.246 e. The Kier molecular flexibility index (Phi) is 3.52. The zero-order valence-electron chi connectivity index (χ0n) is 8.47. The van der Waals surface area contributed by atoms with Gasteiger partial charge in [0.05, 0.1) is 6.20 Å². The van der Waals surface area contributed by atoms with E-state index in [1.807, 2.05) is 11.4 Å². The molecule has 0 saturated carbocycles. The highest BCUT2D eigenvalue weighted by Gasteiger charge is 2.19. The summed E-state index contributed by atoms with van der Waals surface area (Å²) in [6, 6.07) is 1.85. The lowest BCUT2D eigenvalue weighted by atomic mass is 10.5. The maximum atomic E-state index is 11.8. The van der Waals surface area contributed by atoms with Crippen LogP contribution in [0.4, 0.5) is 5.82 Å². The van der Waals surface area contributed by atoms with Crippen LogP contribution in [-0.2, 0) is 16.6 Å². The number of H-pyrrole nitrogens is 1. The lowest BCUT2D eigenvalue weighted by molar-refractivity contribution is 0.582. The topological polar surface area (TPSA) is 101 Å². The molecule has 0 radical (unpaired) electrons. The standard InChI is InChI=1S/C8H9BrN4O2S2/c9-5-1-6(16-4-5)2-12-17(14,15)7-3-11-13-8(7)10/h1,3-4,12H,2H2,(H3,10,11,13). The average Bonchev–Trinajstić information content (AvgIpc) is 2.85. The number of hydrogen-bond donors (Lipinski definition) is 3. The van der Waals surface area contributed by atoms with Crippen molar-refractivity contribution in [3.8, 4) is 0 Å². The SMILES string of the molecule is Nc1[nH]ncc1S(=O)(=O)NCc1cc(Br)cs1. The first-order valence-corrected chi connectivity index (χ1v) is 7.66. The number of aromatic nitrogens is 2. The van der Waals surface area contributed by atoms with E-state index in [1.165, 1.54) is 17.5 Å². The van der Waals surface area contributed by atoms with Crippen molar-refractivity contribution >= 4 is 43.1 Å². The van der Waals surface area contributed by atoms with Gasteiger partial charge in [-0.05, 0) is 22.0 Å². The number of aromatic amines is 1. The van der Waals surface area contributed by atoms with E-state index in [9.17, 15) is 8.42 Å². The van der Waals surface area contributed by atoms with E-state index in [-0.39, 0.29) is 17.3 Å². The predicted octanol–water partition coefficient (Wildman–Crippen LogP) is 1.29. The molecule has 4 N–H and O–H groups in total. The van der Waals surface area contributed by atoms with Gasteiger partial charge in [-0.15, -0.1) is 11.3 Å². The van der Waals surface area contributed by atoms with Crippen molar-refractivity contribution in [3.63, 3.8) is 0 Å². The summed E-state index contributed by atoms with van der Waals surface area (Å²) in [5.74, 6) is 0.0323. The third-order valence-corrected chi connectivity index (χ3v) is 5.11. The van der Waals surface area contributed by atoms with Gasteiger partial charge in [-0.2, -0.15) is 5.10 Å². The number of thiophene rings is 1. The number of nitrogens with one attached hydrogen (secondary N) is 2. The van der Waals surface area contributed by atoms with Crippen LogP contribution in [0.2, 0.25) is 0 Å². The molecular formula is C8H9BrN4O2S2. The average molecular weight is 337 g/mol. The Balaban J connectivity index is 2.11. The summed E-state index contributed by atoms with van der Waals surface area (Å²) in [5.41, 5.74) is 5.46. The van der Waals surface area contributed by atoms with Gasteiger partial charge in [0.25, 0.3) is 0 Å². The summed E-state index contributed by atoms with van der Waals surface area (Å²) < 4.78 is 27.1. The van der Waals surface area contributed by atoms with Crippen LogP contribution in [0.5, 0.6) is 0 Å². The molecule has 0 fully saturated rings. The van der Waals surface area contributed by atoms with Crippen molar-refractivity contribution in [2.45, 2.75) is 11.4 Å². The zero-order chi connectivity index (χ0) is 12.5. The van der Waals surface area contributed by atoms with Gasteiger partial charge in [0, 0.05) is 21.3 Å². The number of nitrogens with zero attached hydrogens (tertiary/aromatic N) is 1. The molecule has 0 bridgehead atoms. The highest BCUT2D eigenvalue weighted by Crippen LogP contribution is 2.20. The van der Waals surface area contributed by atoms with E-state index in [4.69, 9.17) is 5.73 Å². The van der Waals surface area contributed by atoms with Crippen LogP contribution in [-0.4, -0.2) is 18.6 Å². The van der Waals surface area contributed by atoms with E-state index in [2.05, 4.69) is 30.8 Å². The number of halogens is 1. The molecule has 0 aliphatic heterocycles. The Labute approximate surface area is 110 Å². The van der Waals surface area contributed by atoms with Gasteiger partial charge in [-0.3, -0.25) is 5.10 Å². The molecule has 0 unspecified atom stereocenters. The van der Waals surface area contributed by atoms with Gasteiger partial charge in [0.1, 0.15) is 10.7 Å². The quantitative estimate of drug-likeness (QED) is 0.783. The highest BCUT2D eigenvalue weighted by molar-refractivity contribution is 9.10. The molecule has 0 aliphatic rings. The Hall–Kier alpha value is -0.900. The molecule has 2 rings (SSSR count). The highest BCUT2D eigenvalue weighted by atomic mass is 79.9. The fourth-order valence-electron chi connectivity index (χ4n) is 1.19. The Morgan fingerprint density at radius 1 is 1.59 bits per heavy atom. The molecule has 0 spiro atoms. The summed E-state index contributed by atoms with van der Waals surface area (Å²) in [4.78, 5) is 0.871.